The van der Waals surface area contributed by atoms with E-state index in [1.165, 1.54) is 11.8 Å². The maximum Gasteiger partial charge on any atom is 0.182 e. The Morgan fingerprint density at radius 3 is 2.46 bits per heavy atom. The Balaban J connectivity index is 2.01. The molecule has 0 bridgehead atoms. The van der Waals surface area contributed by atoms with Gasteiger partial charge in [0.05, 0.1) is 5.25 Å². The molecule has 0 saturated carbocycles. The minimum absolute atomic E-state index is 0.0628. The molecule has 0 aliphatic carbocycles. The highest BCUT2D eigenvalue weighted by Gasteiger charge is 2.26. The lowest BCUT2D eigenvalue weighted by atomic mass is 10.0. The molecule has 3 rings (SSSR count). The highest BCUT2D eigenvalue weighted by atomic mass is 32.2. The molecule has 1 N–H and O–H groups in total. The quantitative estimate of drug-likeness (QED) is 0.545. The van der Waals surface area contributed by atoms with Crippen LogP contribution in [0.2, 0.25) is 0 Å². The normalized spacial score (nSPS) is 12.1. The number of benzene rings is 2. The summed E-state index contributed by atoms with van der Waals surface area (Å²) in [7, 11) is 3.79. The summed E-state index contributed by atoms with van der Waals surface area (Å²) in [5, 5.41) is 0.583. The van der Waals surface area contributed by atoms with E-state index in [0.717, 1.165) is 16.5 Å². The smallest absolute Gasteiger partial charge is 0.182 e. The number of carbonyl (C=O) groups is 1. The fraction of sp³-hybridized carbons (Fsp3) is 0.158. The number of para-hydroxylation sites is 1. The predicted molar refractivity (Wildman–Crippen MR) is 106 cm³/mol. The minimum atomic E-state index is -0.361. The van der Waals surface area contributed by atoms with Gasteiger partial charge in [0.2, 0.25) is 0 Å². The molecular formula is C19H18N2OS2. The van der Waals surface area contributed by atoms with Gasteiger partial charge in [-0.05, 0) is 11.6 Å². The molecule has 24 heavy (non-hydrogen) atoms. The van der Waals surface area contributed by atoms with Crippen LogP contribution in [0.25, 0.3) is 10.9 Å². The van der Waals surface area contributed by atoms with Crippen LogP contribution in [0.15, 0.2) is 60.8 Å². The molecule has 0 fully saturated rings. The van der Waals surface area contributed by atoms with E-state index in [0.29, 0.717) is 9.88 Å². The first-order valence-corrected chi connectivity index (χ1v) is 8.90. The second-order valence-electron chi connectivity index (χ2n) is 5.68. The van der Waals surface area contributed by atoms with Crippen molar-refractivity contribution in [3.8, 4) is 0 Å². The Labute approximate surface area is 151 Å². The number of aromatic nitrogens is 1. The first-order valence-electron chi connectivity index (χ1n) is 7.61. The molecule has 5 heteroatoms. The van der Waals surface area contributed by atoms with Crippen molar-refractivity contribution in [3.63, 3.8) is 0 Å². The van der Waals surface area contributed by atoms with Crippen molar-refractivity contribution in [2.75, 3.05) is 14.1 Å². The van der Waals surface area contributed by atoms with E-state index in [1.807, 2.05) is 73.6 Å². The van der Waals surface area contributed by atoms with Gasteiger partial charge in [-0.25, -0.2) is 0 Å². The third-order valence-electron chi connectivity index (χ3n) is 3.78. The molecule has 1 heterocycles. The molecule has 0 aliphatic heterocycles. The number of nitrogens with one attached hydrogen (secondary N) is 1. The highest BCUT2D eigenvalue weighted by Crippen LogP contribution is 2.35. The Kier molecular flexibility index (Phi) is 5.02. The van der Waals surface area contributed by atoms with Crippen LogP contribution in [0.4, 0.5) is 0 Å². The predicted octanol–water partition coefficient (Wildman–Crippen LogP) is 4.67. The first-order chi connectivity index (χ1) is 11.6. The van der Waals surface area contributed by atoms with Gasteiger partial charge >= 0.3 is 0 Å². The maximum atomic E-state index is 13.3. The Bertz CT molecular complexity index is 871. The lowest BCUT2D eigenvalue weighted by molar-refractivity contribution is 0.0991. The Hall–Kier alpha value is -2.11. The summed E-state index contributed by atoms with van der Waals surface area (Å²) in [5.74, 6) is 0.0628. The number of thiocarbonyl (C=S) groups is 1. The molecule has 3 nitrogen and oxygen atoms in total. The highest BCUT2D eigenvalue weighted by molar-refractivity contribution is 8.23. The number of nitrogens with zero attached hydrogens (tertiary/aromatic N) is 1. The van der Waals surface area contributed by atoms with Crippen LogP contribution in [0.1, 0.15) is 21.2 Å². The van der Waals surface area contributed by atoms with E-state index >= 15 is 0 Å². The summed E-state index contributed by atoms with van der Waals surface area (Å²) in [4.78, 5) is 18.3. The zero-order chi connectivity index (χ0) is 17.1. The van der Waals surface area contributed by atoms with Crippen LogP contribution in [-0.2, 0) is 0 Å². The Morgan fingerprint density at radius 1 is 1.08 bits per heavy atom. The summed E-state index contributed by atoms with van der Waals surface area (Å²) in [6.07, 6.45) is 1.79. The van der Waals surface area contributed by atoms with Gasteiger partial charge in [0.15, 0.2) is 5.78 Å². The van der Waals surface area contributed by atoms with Crippen molar-refractivity contribution >= 4 is 45.0 Å². The molecule has 122 valence electrons. The molecule has 1 aromatic heterocycles. The van der Waals surface area contributed by atoms with Crippen molar-refractivity contribution in [1.82, 2.24) is 9.88 Å². The third kappa shape index (κ3) is 3.37. The topological polar surface area (TPSA) is 36.1 Å². The van der Waals surface area contributed by atoms with E-state index in [9.17, 15) is 4.79 Å². The fourth-order valence-corrected chi connectivity index (χ4v) is 3.75. The summed E-state index contributed by atoms with van der Waals surface area (Å²) >= 11 is 6.84. The van der Waals surface area contributed by atoms with E-state index in [-0.39, 0.29) is 11.0 Å². The first kappa shape index (κ1) is 16.7. The van der Waals surface area contributed by atoms with Gasteiger partial charge in [-0.3, -0.25) is 4.79 Å². The fourth-order valence-electron chi connectivity index (χ4n) is 2.52. The molecular weight excluding hydrogens is 336 g/mol. The van der Waals surface area contributed by atoms with Crippen LogP contribution in [-0.4, -0.2) is 34.1 Å². The minimum Gasteiger partial charge on any atom is -0.364 e. The van der Waals surface area contributed by atoms with Gasteiger partial charge in [0, 0.05) is 36.8 Å². The molecule has 2 aromatic carbocycles. The van der Waals surface area contributed by atoms with Crippen molar-refractivity contribution in [3.05, 3.63) is 71.9 Å². The summed E-state index contributed by atoms with van der Waals surface area (Å²) in [6, 6.07) is 17.6. The number of Topliss-reactive ketones (excluding diaryl/α,β-unsaturated/α-hetero) is 1. The number of aromatic amines is 1. The number of hydrogen-bond acceptors (Lipinski definition) is 3. The number of rotatable bonds is 4. The number of thioether (sulfide) groups is 1. The van der Waals surface area contributed by atoms with Gasteiger partial charge < -0.3 is 9.88 Å². The Morgan fingerprint density at radius 2 is 1.75 bits per heavy atom. The van der Waals surface area contributed by atoms with E-state index < -0.39 is 0 Å². The van der Waals surface area contributed by atoms with E-state index in [2.05, 4.69) is 4.98 Å². The van der Waals surface area contributed by atoms with Gasteiger partial charge in [0.25, 0.3) is 0 Å². The molecule has 3 aromatic rings. The van der Waals surface area contributed by atoms with Crippen molar-refractivity contribution in [2.24, 2.45) is 0 Å². The summed E-state index contributed by atoms with van der Waals surface area (Å²) in [5.41, 5.74) is 2.63. The van der Waals surface area contributed by atoms with Crippen LogP contribution in [0.5, 0.6) is 0 Å². The van der Waals surface area contributed by atoms with Crippen molar-refractivity contribution in [2.45, 2.75) is 5.25 Å². The molecule has 0 spiro atoms. The molecule has 0 aliphatic rings. The standard InChI is InChI=1S/C19H18N2OS2/c1-21(2)19(23)24-18(13-8-4-3-5-9-13)17(22)15-12-20-16-11-7-6-10-14(15)16/h3-12,18,20H,1-2H3/t18-/m0/s1. The van der Waals surface area contributed by atoms with Crippen LogP contribution in [0, 0.1) is 0 Å². The molecule has 0 unspecified atom stereocenters. The summed E-state index contributed by atoms with van der Waals surface area (Å²) in [6.45, 7) is 0. The average molecular weight is 355 g/mol. The van der Waals surface area contributed by atoms with Gasteiger partial charge in [-0.15, -0.1) is 0 Å². The maximum absolute atomic E-state index is 13.3. The molecule has 0 saturated heterocycles. The van der Waals surface area contributed by atoms with E-state index in [4.69, 9.17) is 12.2 Å². The lowest BCUT2D eigenvalue weighted by Crippen LogP contribution is -2.20. The third-order valence-corrected chi connectivity index (χ3v) is 5.72. The van der Waals surface area contributed by atoms with Gasteiger partial charge in [-0.2, -0.15) is 0 Å². The molecule has 0 amide bonds. The second kappa shape index (κ2) is 7.20. The number of fused-ring (bicyclic) bond motifs is 1. The van der Waals surface area contributed by atoms with Gasteiger partial charge in [-0.1, -0.05) is 72.5 Å². The SMILES string of the molecule is CN(C)C(=S)S[C@H](C(=O)c1c[nH]c2ccccc12)c1ccccc1. The number of carbonyl (C=O) groups excluding carboxylic acids is 1. The van der Waals surface area contributed by atoms with Crippen LogP contribution in [0.3, 0.4) is 0 Å². The molecule has 0 radical (unpaired) electrons. The van der Waals surface area contributed by atoms with Crippen LogP contribution >= 0.6 is 24.0 Å². The van der Waals surface area contributed by atoms with Crippen molar-refractivity contribution < 1.29 is 4.79 Å². The van der Waals surface area contributed by atoms with Crippen LogP contribution < -0.4 is 0 Å². The van der Waals surface area contributed by atoms with Gasteiger partial charge in [0.1, 0.15) is 4.32 Å². The van der Waals surface area contributed by atoms with Crippen molar-refractivity contribution in [1.29, 1.82) is 0 Å². The monoisotopic (exact) mass is 354 g/mol. The second-order valence-corrected chi connectivity index (χ2v) is 7.42. The summed E-state index contributed by atoms with van der Waals surface area (Å²) < 4.78 is 0.692. The lowest BCUT2D eigenvalue weighted by Gasteiger charge is -2.20. The average Bonchev–Trinajstić information content (AvgIpc) is 3.03. The number of hydrogen-bond donors (Lipinski definition) is 1. The van der Waals surface area contributed by atoms with E-state index in [1.54, 1.807) is 6.20 Å². The zero-order valence-electron chi connectivity index (χ0n) is 13.5. The zero-order valence-corrected chi connectivity index (χ0v) is 15.2. The largest absolute Gasteiger partial charge is 0.364 e. The molecule has 1 atom stereocenters. The number of ketones is 1. The number of H-pyrrole nitrogens is 1.